The van der Waals surface area contributed by atoms with E-state index in [1.54, 1.807) is 9.80 Å². The zero-order chi connectivity index (χ0) is 29.8. The SMILES string of the molecule is CCCN1CC=C[C@@]2(C)O[C@]34C=CCN(c5cc(C)ccc5C)C(=O)C3N([C@H](CO)c3ccccc3)C(=O)[C@@H]4[C@H]2C1=O. The van der Waals surface area contributed by atoms with Gasteiger partial charge >= 0.3 is 0 Å². The summed E-state index contributed by atoms with van der Waals surface area (Å²) in [5.41, 5.74) is 0.957. The minimum Gasteiger partial charge on any atom is -0.394 e. The summed E-state index contributed by atoms with van der Waals surface area (Å²) in [5, 5.41) is 10.8. The number of rotatable bonds is 6. The lowest BCUT2D eigenvalue weighted by atomic mass is 9.74. The maximum Gasteiger partial charge on any atom is 0.253 e. The number of likely N-dealkylation sites (tertiary alicyclic amines) is 1. The van der Waals surface area contributed by atoms with Crippen LogP contribution in [0, 0.1) is 25.7 Å². The van der Waals surface area contributed by atoms with Gasteiger partial charge in [0.15, 0.2) is 0 Å². The molecule has 3 amide bonds. The molecule has 1 N–H and O–H groups in total. The summed E-state index contributed by atoms with van der Waals surface area (Å²) in [5.74, 6) is -2.53. The van der Waals surface area contributed by atoms with Crippen LogP contribution < -0.4 is 4.90 Å². The zero-order valence-electron chi connectivity index (χ0n) is 24.7. The van der Waals surface area contributed by atoms with Gasteiger partial charge in [0.05, 0.1) is 30.1 Å². The Morgan fingerprint density at radius 1 is 0.952 bits per heavy atom. The Morgan fingerprint density at radius 2 is 1.69 bits per heavy atom. The van der Waals surface area contributed by atoms with E-state index in [9.17, 15) is 19.5 Å². The van der Waals surface area contributed by atoms with Crippen LogP contribution in [0.5, 0.6) is 0 Å². The Morgan fingerprint density at radius 3 is 2.40 bits per heavy atom. The van der Waals surface area contributed by atoms with Crippen molar-refractivity contribution in [3.05, 3.63) is 89.5 Å². The maximum atomic E-state index is 14.9. The highest BCUT2D eigenvalue weighted by molar-refractivity contribution is 6.06. The van der Waals surface area contributed by atoms with Crippen LogP contribution in [0.1, 0.15) is 43.0 Å². The molecule has 0 bridgehead atoms. The highest BCUT2D eigenvalue weighted by Gasteiger charge is 2.75. The van der Waals surface area contributed by atoms with Crippen molar-refractivity contribution in [1.29, 1.82) is 0 Å². The Hall–Kier alpha value is -3.75. The zero-order valence-corrected chi connectivity index (χ0v) is 24.7. The van der Waals surface area contributed by atoms with Crippen molar-refractivity contribution in [2.45, 2.75) is 57.4 Å². The van der Waals surface area contributed by atoms with Gasteiger partial charge in [-0.15, -0.1) is 0 Å². The maximum absolute atomic E-state index is 14.9. The van der Waals surface area contributed by atoms with Gasteiger partial charge in [-0.3, -0.25) is 14.4 Å². The first-order chi connectivity index (χ1) is 20.2. The number of fused-ring (bicyclic) bond motifs is 2. The molecule has 0 radical (unpaired) electrons. The van der Waals surface area contributed by atoms with Crippen LogP contribution in [-0.2, 0) is 19.1 Å². The molecule has 0 saturated carbocycles. The van der Waals surface area contributed by atoms with Crippen molar-refractivity contribution in [1.82, 2.24) is 9.80 Å². The third-order valence-corrected chi connectivity index (χ3v) is 9.42. The molecule has 8 nitrogen and oxygen atoms in total. The predicted octanol–water partition coefficient (Wildman–Crippen LogP) is 3.72. The third kappa shape index (κ3) is 4.14. The quantitative estimate of drug-likeness (QED) is 0.536. The van der Waals surface area contributed by atoms with Gasteiger partial charge in [0.1, 0.15) is 11.6 Å². The lowest BCUT2D eigenvalue weighted by Gasteiger charge is -2.40. The topological polar surface area (TPSA) is 90.4 Å². The molecule has 0 aliphatic carbocycles. The second kappa shape index (κ2) is 10.5. The van der Waals surface area contributed by atoms with E-state index in [2.05, 4.69) is 0 Å². The second-order valence-corrected chi connectivity index (χ2v) is 12.2. The minimum absolute atomic E-state index is 0.142. The first kappa shape index (κ1) is 28.4. The summed E-state index contributed by atoms with van der Waals surface area (Å²) >= 11 is 0. The van der Waals surface area contributed by atoms with Crippen molar-refractivity contribution in [3.8, 4) is 0 Å². The van der Waals surface area contributed by atoms with Gasteiger partial charge < -0.3 is 24.5 Å². The summed E-state index contributed by atoms with van der Waals surface area (Å²) in [6.45, 7) is 8.74. The molecule has 4 aliphatic heterocycles. The number of carbonyl (C=O) groups excluding carboxylic acids is 3. The molecule has 2 aromatic carbocycles. The predicted molar refractivity (Wildman–Crippen MR) is 160 cm³/mol. The first-order valence-corrected chi connectivity index (χ1v) is 14.9. The number of carbonyl (C=O) groups is 3. The van der Waals surface area contributed by atoms with Crippen LogP contribution in [0.3, 0.4) is 0 Å². The Balaban J connectivity index is 1.55. The first-order valence-electron chi connectivity index (χ1n) is 14.9. The number of aliphatic hydroxyl groups excluding tert-OH is 1. The normalized spacial score (nSPS) is 31.1. The average molecular weight is 570 g/mol. The third-order valence-electron chi connectivity index (χ3n) is 9.42. The van der Waals surface area contributed by atoms with Gasteiger partial charge in [0.25, 0.3) is 5.91 Å². The molecule has 0 aromatic heterocycles. The van der Waals surface area contributed by atoms with E-state index in [4.69, 9.17) is 4.74 Å². The van der Waals surface area contributed by atoms with Crippen LogP contribution in [0.25, 0.3) is 0 Å². The summed E-state index contributed by atoms with van der Waals surface area (Å²) in [6, 6.07) is 13.4. The molecule has 6 atom stereocenters. The van der Waals surface area contributed by atoms with Crippen LogP contribution in [0.15, 0.2) is 72.8 Å². The average Bonchev–Trinajstić information content (AvgIpc) is 3.25. The van der Waals surface area contributed by atoms with Gasteiger partial charge in [-0.1, -0.05) is 73.7 Å². The van der Waals surface area contributed by atoms with Crippen molar-refractivity contribution >= 4 is 23.4 Å². The van der Waals surface area contributed by atoms with Crippen LogP contribution in [0.4, 0.5) is 5.69 Å². The van der Waals surface area contributed by atoms with Gasteiger partial charge in [-0.25, -0.2) is 0 Å². The molecule has 4 aliphatic rings. The molecule has 220 valence electrons. The number of aliphatic hydroxyl groups is 1. The van der Waals surface area contributed by atoms with Crippen molar-refractivity contribution < 1.29 is 24.2 Å². The van der Waals surface area contributed by atoms with Crippen LogP contribution in [0.2, 0.25) is 0 Å². The van der Waals surface area contributed by atoms with E-state index < -0.39 is 35.1 Å². The molecular formula is C34H39N3O5. The summed E-state index contributed by atoms with van der Waals surface area (Å²) in [4.78, 5) is 48.9. The number of benzene rings is 2. The monoisotopic (exact) mass is 569 g/mol. The fraction of sp³-hybridized carbons (Fsp3) is 0.441. The van der Waals surface area contributed by atoms with Gasteiger partial charge in [-0.2, -0.15) is 0 Å². The van der Waals surface area contributed by atoms with Crippen LogP contribution >= 0.6 is 0 Å². The second-order valence-electron chi connectivity index (χ2n) is 12.2. The number of amides is 3. The fourth-order valence-corrected chi connectivity index (χ4v) is 7.57. The lowest BCUT2D eigenvalue weighted by Crippen LogP contribution is -2.57. The number of anilines is 1. The number of nitrogens with zero attached hydrogens (tertiary/aromatic N) is 3. The summed E-state index contributed by atoms with van der Waals surface area (Å²) in [7, 11) is 0. The molecule has 8 heteroatoms. The standard InChI is InChI=1S/C34H39N3O5/c1-5-17-35-18-9-15-33(4)27(30(35)39)28-31(40)37(26(21-38)24-11-7-6-8-12-24)29-32(41)36(19-10-16-34(28,29)42-33)25-20-22(2)13-14-23(25)3/h6-16,20,26-29,38H,5,17-19,21H2,1-4H3/t26-,27+,28+,29?,33-,34+/m1/s1. The number of hydrogen-bond donors (Lipinski definition) is 1. The largest absolute Gasteiger partial charge is 0.394 e. The number of aryl methyl sites for hydroxylation is 2. The Labute approximate surface area is 247 Å². The highest BCUT2D eigenvalue weighted by atomic mass is 16.5. The van der Waals surface area contributed by atoms with Crippen molar-refractivity contribution in [2.24, 2.45) is 11.8 Å². The molecule has 2 aromatic rings. The Kier molecular flexibility index (Phi) is 7.10. The molecule has 42 heavy (non-hydrogen) atoms. The van der Waals surface area contributed by atoms with E-state index >= 15 is 0 Å². The summed E-state index contributed by atoms with van der Waals surface area (Å²) in [6.07, 6.45) is 8.37. The van der Waals surface area contributed by atoms with E-state index in [0.717, 1.165) is 23.2 Å². The number of ether oxygens (including phenoxy) is 1. The number of hydrogen-bond acceptors (Lipinski definition) is 5. The highest BCUT2D eigenvalue weighted by Crippen LogP contribution is 2.59. The van der Waals surface area contributed by atoms with Crippen LogP contribution in [-0.4, -0.2) is 76.1 Å². The lowest BCUT2D eigenvalue weighted by molar-refractivity contribution is -0.151. The van der Waals surface area contributed by atoms with Gasteiger partial charge in [0, 0.05) is 25.3 Å². The molecule has 1 unspecified atom stereocenters. The summed E-state index contributed by atoms with van der Waals surface area (Å²) < 4.78 is 6.95. The molecule has 1 spiro atoms. The molecular weight excluding hydrogens is 530 g/mol. The molecule has 2 saturated heterocycles. The van der Waals surface area contributed by atoms with Gasteiger partial charge in [-0.05, 0) is 49.9 Å². The molecule has 2 fully saturated rings. The van der Waals surface area contributed by atoms with E-state index in [0.29, 0.717) is 25.2 Å². The smallest absolute Gasteiger partial charge is 0.253 e. The van der Waals surface area contributed by atoms with E-state index in [-0.39, 0.29) is 24.3 Å². The minimum atomic E-state index is -1.39. The fourth-order valence-electron chi connectivity index (χ4n) is 7.57. The van der Waals surface area contributed by atoms with Crippen molar-refractivity contribution in [2.75, 3.05) is 31.1 Å². The Bertz CT molecular complexity index is 1470. The molecule has 4 heterocycles. The van der Waals surface area contributed by atoms with E-state index in [1.165, 1.54) is 4.90 Å². The van der Waals surface area contributed by atoms with Gasteiger partial charge in [0.2, 0.25) is 11.8 Å². The van der Waals surface area contributed by atoms with E-state index in [1.807, 2.05) is 101 Å². The van der Waals surface area contributed by atoms with Crippen molar-refractivity contribution in [3.63, 3.8) is 0 Å². The molecule has 6 rings (SSSR count).